The quantitative estimate of drug-likeness (QED) is 0.309. The topological polar surface area (TPSA) is 71.4 Å². The van der Waals surface area contributed by atoms with Crippen molar-refractivity contribution >= 4 is 34.6 Å². The third-order valence-corrected chi connectivity index (χ3v) is 7.04. The summed E-state index contributed by atoms with van der Waals surface area (Å²) in [4.78, 5) is 18.6. The Morgan fingerprint density at radius 2 is 1.89 bits per heavy atom. The van der Waals surface area contributed by atoms with Crippen molar-refractivity contribution in [3.63, 3.8) is 0 Å². The molecule has 38 heavy (non-hydrogen) atoms. The van der Waals surface area contributed by atoms with E-state index in [4.69, 9.17) is 17.0 Å². The van der Waals surface area contributed by atoms with Crippen LogP contribution in [0.5, 0.6) is 5.75 Å². The highest BCUT2D eigenvalue weighted by molar-refractivity contribution is 7.80. The number of halogens is 1. The standard InChI is InChI=1S/C29H28FN5O2S/c1-17-14-23(18(2)34(17)21-9-7-8-20(30)15-21)28-27(24-10-5-6-13-31-24)33-29(38)35(28)22-11-12-26(37-4)25(16-22)32-19(3)36/h5-16,27-28H,1-4H3,(H,32,36)(H,33,38)/t27-,28+/m1/s1. The molecule has 4 aromatic rings. The SMILES string of the molecule is COc1ccc(N2C(=S)N[C@H](c3ccccn3)[C@@H]2c2cc(C)n(-c3cccc(F)c3)c2C)cc1NC(C)=O. The van der Waals surface area contributed by atoms with Gasteiger partial charge in [0.25, 0.3) is 0 Å². The lowest BCUT2D eigenvalue weighted by Crippen LogP contribution is -2.29. The number of anilines is 2. The maximum absolute atomic E-state index is 14.1. The molecular formula is C29H28FN5O2S. The molecule has 1 aliphatic rings. The first-order valence-corrected chi connectivity index (χ1v) is 12.6. The third kappa shape index (κ3) is 4.61. The van der Waals surface area contributed by atoms with Crippen molar-refractivity contribution in [1.29, 1.82) is 0 Å². The summed E-state index contributed by atoms with van der Waals surface area (Å²) in [5.74, 6) is 0.0465. The van der Waals surface area contributed by atoms with E-state index in [1.54, 1.807) is 19.4 Å². The Balaban J connectivity index is 1.68. The monoisotopic (exact) mass is 529 g/mol. The van der Waals surface area contributed by atoms with Crippen molar-refractivity contribution in [2.45, 2.75) is 32.9 Å². The van der Waals surface area contributed by atoms with Gasteiger partial charge < -0.3 is 24.8 Å². The lowest BCUT2D eigenvalue weighted by atomic mass is 9.96. The van der Waals surface area contributed by atoms with Crippen LogP contribution in [0.3, 0.4) is 0 Å². The van der Waals surface area contributed by atoms with E-state index in [0.717, 1.165) is 34.0 Å². The van der Waals surface area contributed by atoms with Crippen LogP contribution in [0.15, 0.2) is 72.9 Å². The predicted molar refractivity (Wildman–Crippen MR) is 150 cm³/mol. The smallest absolute Gasteiger partial charge is 0.221 e. The Kier molecular flexibility index (Phi) is 6.86. The first-order valence-electron chi connectivity index (χ1n) is 12.2. The van der Waals surface area contributed by atoms with Gasteiger partial charge in [0.15, 0.2) is 5.11 Å². The molecule has 0 bridgehead atoms. The van der Waals surface area contributed by atoms with Gasteiger partial charge in [-0.25, -0.2) is 4.39 Å². The lowest BCUT2D eigenvalue weighted by Gasteiger charge is -2.29. The molecule has 0 spiro atoms. The molecule has 0 aliphatic carbocycles. The van der Waals surface area contributed by atoms with Crippen LogP contribution in [0, 0.1) is 19.7 Å². The van der Waals surface area contributed by atoms with Crippen LogP contribution in [0.25, 0.3) is 5.69 Å². The molecule has 2 aromatic heterocycles. The molecule has 9 heteroatoms. The highest BCUT2D eigenvalue weighted by Gasteiger charge is 2.42. The molecular weight excluding hydrogens is 501 g/mol. The van der Waals surface area contributed by atoms with Crippen molar-refractivity contribution < 1.29 is 13.9 Å². The number of amides is 1. The molecule has 2 atom stereocenters. The summed E-state index contributed by atoms with van der Waals surface area (Å²) in [7, 11) is 1.56. The first-order chi connectivity index (χ1) is 18.3. The molecule has 0 saturated carbocycles. The fraction of sp³-hybridized carbons (Fsp3) is 0.207. The fourth-order valence-corrected chi connectivity index (χ4v) is 5.53. The zero-order chi connectivity index (χ0) is 27.0. The predicted octanol–water partition coefficient (Wildman–Crippen LogP) is 5.77. The second kappa shape index (κ2) is 10.3. The zero-order valence-electron chi connectivity index (χ0n) is 21.5. The number of aryl methyl sites for hydroxylation is 1. The number of nitrogens with zero attached hydrogens (tertiary/aromatic N) is 3. The number of aromatic nitrogens is 2. The minimum Gasteiger partial charge on any atom is -0.495 e. The maximum atomic E-state index is 14.1. The average molecular weight is 530 g/mol. The number of carbonyl (C=O) groups is 1. The molecule has 1 fully saturated rings. The number of thiocarbonyl (C=S) groups is 1. The minimum atomic E-state index is -0.294. The number of nitrogens with one attached hydrogen (secondary N) is 2. The Bertz CT molecular complexity index is 1520. The van der Waals surface area contributed by atoms with Gasteiger partial charge in [0.05, 0.1) is 30.6 Å². The largest absolute Gasteiger partial charge is 0.495 e. The highest BCUT2D eigenvalue weighted by atomic mass is 32.1. The van der Waals surface area contributed by atoms with Crippen molar-refractivity contribution in [2.75, 3.05) is 17.3 Å². The molecule has 5 rings (SSSR count). The Morgan fingerprint density at radius 3 is 2.58 bits per heavy atom. The van der Waals surface area contributed by atoms with E-state index in [9.17, 15) is 9.18 Å². The number of pyridine rings is 1. The summed E-state index contributed by atoms with van der Waals surface area (Å²) >= 11 is 5.87. The van der Waals surface area contributed by atoms with E-state index in [-0.39, 0.29) is 23.8 Å². The van der Waals surface area contributed by atoms with E-state index in [0.29, 0.717) is 16.5 Å². The average Bonchev–Trinajstić information content (AvgIpc) is 3.39. The van der Waals surface area contributed by atoms with Gasteiger partial charge in [-0.2, -0.15) is 0 Å². The van der Waals surface area contributed by atoms with E-state index >= 15 is 0 Å². The molecule has 0 radical (unpaired) electrons. The van der Waals surface area contributed by atoms with Crippen LogP contribution < -0.4 is 20.3 Å². The van der Waals surface area contributed by atoms with E-state index < -0.39 is 0 Å². The van der Waals surface area contributed by atoms with Gasteiger partial charge >= 0.3 is 0 Å². The van der Waals surface area contributed by atoms with Crippen LogP contribution in [0.4, 0.5) is 15.8 Å². The van der Waals surface area contributed by atoms with Gasteiger partial charge in [-0.3, -0.25) is 9.78 Å². The summed E-state index contributed by atoms with van der Waals surface area (Å²) in [6.07, 6.45) is 1.76. The Hall–Kier alpha value is -4.24. The summed E-state index contributed by atoms with van der Waals surface area (Å²) in [5.41, 5.74) is 5.87. The molecule has 2 N–H and O–H groups in total. The molecule has 2 aromatic carbocycles. The van der Waals surface area contributed by atoms with Crippen molar-refractivity contribution in [1.82, 2.24) is 14.9 Å². The van der Waals surface area contributed by atoms with Gasteiger partial charge in [0.2, 0.25) is 5.91 Å². The Morgan fingerprint density at radius 1 is 1.08 bits per heavy atom. The minimum absolute atomic E-state index is 0.205. The van der Waals surface area contributed by atoms with Gasteiger partial charge in [0, 0.05) is 35.9 Å². The van der Waals surface area contributed by atoms with Gasteiger partial charge in [0.1, 0.15) is 11.6 Å². The molecule has 0 unspecified atom stereocenters. The first kappa shape index (κ1) is 25.4. The second-order valence-corrected chi connectivity index (χ2v) is 9.59. The molecule has 1 amide bonds. The van der Waals surface area contributed by atoms with Crippen LogP contribution in [0.1, 0.15) is 41.7 Å². The number of rotatable bonds is 6. The maximum Gasteiger partial charge on any atom is 0.221 e. The van der Waals surface area contributed by atoms with E-state index in [2.05, 4.69) is 21.7 Å². The number of ether oxygens (including phenoxy) is 1. The van der Waals surface area contributed by atoms with E-state index in [1.165, 1.54) is 19.1 Å². The highest BCUT2D eigenvalue weighted by Crippen LogP contribution is 2.45. The molecule has 1 aliphatic heterocycles. The summed E-state index contributed by atoms with van der Waals surface area (Å²) < 4.78 is 21.6. The summed E-state index contributed by atoms with van der Waals surface area (Å²) in [5, 5.41) is 6.84. The number of methoxy groups -OCH3 is 1. The van der Waals surface area contributed by atoms with Crippen molar-refractivity contribution in [2.24, 2.45) is 0 Å². The summed E-state index contributed by atoms with van der Waals surface area (Å²) in [6, 6.07) is 19.5. The van der Waals surface area contributed by atoms with Crippen LogP contribution in [-0.2, 0) is 4.79 Å². The molecule has 3 heterocycles. The van der Waals surface area contributed by atoms with Gasteiger partial charge in [-0.05, 0) is 86.2 Å². The van der Waals surface area contributed by atoms with E-state index in [1.807, 2.05) is 65.8 Å². The normalized spacial score (nSPS) is 16.9. The van der Waals surface area contributed by atoms with Crippen molar-refractivity contribution in [3.8, 4) is 11.4 Å². The lowest BCUT2D eigenvalue weighted by molar-refractivity contribution is -0.114. The van der Waals surface area contributed by atoms with Gasteiger partial charge in [-0.15, -0.1) is 0 Å². The zero-order valence-corrected chi connectivity index (χ0v) is 22.3. The van der Waals surface area contributed by atoms with Crippen LogP contribution in [-0.4, -0.2) is 27.7 Å². The van der Waals surface area contributed by atoms with Crippen molar-refractivity contribution in [3.05, 3.63) is 101 Å². The van der Waals surface area contributed by atoms with Crippen LogP contribution >= 0.6 is 12.2 Å². The molecule has 7 nitrogen and oxygen atoms in total. The third-order valence-electron chi connectivity index (χ3n) is 6.73. The number of carbonyl (C=O) groups excluding carboxylic acids is 1. The molecule has 194 valence electrons. The second-order valence-electron chi connectivity index (χ2n) is 9.20. The number of benzene rings is 2. The molecule has 1 saturated heterocycles. The Labute approximate surface area is 226 Å². The number of hydrogen-bond acceptors (Lipinski definition) is 4. The number of hydrogen-bond donors (Lipinski definition) is 2. The van der Waals surface area contributed by atoms with Crippen LogP contribution in [0.2, 0.25) is 0 Å². The fourth-order valence-electron chi connectivity index (χ4n) is 5.18. The van der Waals surface area contributed by atoms with Gasteiger partial charge in [-0.1, -0.05) is 12.1 Å². The summed E-state index contributed by atoms with van der Waals surface area (Å²) in [6.45, 7) is 5.48.